The third kappa shape index (κ3) is 6.50. The maximum Gasteiger partial charge on any atom is 0.241 e. The van der Waals surface area contributed by atoms with Crippen LogP contribution in [0.3, 0.4) is 0 Å². The Labute approximate surface area is 184 Å². The standard InChI is InChI=1S/C19H24N4O3S.2ClH/c1-15-5-4-6-16(13-15)22-9-11-23(12-10-22)27(25,26)14-19(24)21-18-8-3-2-7-17(18)20;;/h2-8,13H,9-12,14,20H2,1H3,(H,21,24);2*1H. The topological polar surface area (TPSA) is 95.7 Å². The second kappa shape index (κ2) is 10.7. The van der Waals surface area contributed by atoms with E-state index in [1.54, 1.807) is 24.3 Å². The summed E-state index contributed by atoms with van der Waals surface area (Å²) >= 11 is 0. The van der Waals surface area contributed by atoms with Crippen LogP contribution in [0.1, 0.15) is 5.56 Å². The largest absolute Gasteiger partial charge is 0.397 e. The second-order valence-electron chi connectivity index (χ2n) is 6.62. The molecule has 0 spiro atoms. The molecule has 1 heterocycles. The molecule has 1 aliphatic rings. The van der Waals surface area contributed by atoms with E-state index < -0.39 is 21.7 Å². The lowest BCUT2D eigenvalue weighted by atomic mass is 10.2. The van der Waals surface area contributed by atoms with Crippen molar-refractivity contribution in [2.75, 3.05) is 47.9 Å². The molecule has 160 valence electrons. The molecule has 1 fully saturated rings. The number of piperazine rings is 1. The molecule has 0 atom stereocenters. The molecule has 3 N–H and O–H groups in total. The predicted molar refractivity (Wildman–Crippen MR) is 123 cm³/mol. The zero-order chi connectivity index (χ0) is 19.4. The Balaban J connectivity index is 0.00000210. The summed E-state index contributed by atoms with van der Waals surface area (Å²) in [6, 6.07) is 14.9. The first-order chi connectivity index (χ1) is 12.8. The number of nitrogens with one attached hydrogen (secondary N) is 1. The number of para-hydroxylation sites is 2. The summed E-state index contributed by atoms with van der Waals surface area (Å²) in [4.78, 5) is 14.3. The molecule has 1 aliphatic heterocycles. The minimum Gasteiger partial charge on any atom is -0.397 e. The quantitative estimate of drug-likeness (QED) is 0.668. The normalized spacial score (nSPS) is 14.4. The zero-order valence-corrected chi connectivity index (χ0v) is 18.5. The molecule has 0 aliphatic carbocycles. The van der Waals surface area contributed by atoms with Crippen molar-refractivity contribution in [1.82, 2.24) is 4.31 Å². The van der Waals surface area contributed by atoms with Crippen molar-refractivity contribution in [2.45, 2.75) is 6.92 Å². The predicted octanol–water partition coefficient (Wildman–Crippen LogP) is 2.51. The molecule has 0 radical (unpaired) electrons. The Hall–Kier alpha value is -2.00. The Morgan fingerprint density at radius 3 is 2.31 bits per heavy atom. The molecule has 2 aromatic rings. The van der Waals surface area contributed by atoms with Crippen LogP contribution in [0, 0.1) is 6.92 Å². The molecule has 2 aromatic carbocycles. The first kappa shape index (κ1) is 25.0. The van der Waals surface area contributed by atoms with Crippen molar-refractivity contribution in [3.8, 4) is 0 Å². The summed E-state index contributed by atoms with van der Waals surface area (Å²) in [5.41, 5.74) is 8.85. The van der Waals surface area contributed by atoms with Gasteiger partial charge in [0.15, 0.2) is 0 Å². The van der Waals surface area contributed by atoms with E-state index in [-0.39, 0.29) is 24.8 Å². The van der Waals surface area contributed by atoms with Crippen molar-refractivity contribution < 1.29 is 13.2 Å². The summed E-state index contributed by atoms with van der Waals surface area (Å²) in [5.74, 6) is -1.18. The number of carbonyl (C=O) groups excluding carboxylic acids is 1. The highest BCUT2D eigenvalue weighted by molar-refractivity contribution is 7.89. The average Bonchev–Trinajstić information content (AvgIpc) is 2.63. The Kier molecular flexibility index (Phi) is 9.22. The number of amides is 1. The molecule has 0 unspecified atom stereocenters. The third-order valence-electron chi connectivity index (χ3n) is 4.55. The van der Waals surface area contributed by atoms with Gasteiger partial charge in [-0.3, -0.25) is 4.79 Å². The minimum absolute atomic E-state index is 0. The fourth-order valence-electron chi connectivity index (χ4n) is 3.10. The van der Waals surface area contributed by atoms with Crippen LogP contribution in [-0.4, -0.2) is 50.6 Å². The highest BCUT2D eigenvalue weighted by Crippen LogP contribution is 2.20. The number of benzene rings is 2. The molecular weight excluding hydrogens is 435 g/mol. The molecule has 7 nitrogen and oxygen atoms in total. The van der Waals surface area contributed by atoms with Crippen molar-refractivity contribution in [1.29, 1.82) is 0 Å². The second-order valence-corrected chi connectivity index (χ2v) is 8.59. The first-order valence-corrected chi connectivity index (χ1v) is 10.4. The molecule has 0 saturated carbocycles. The van der Waals surface area contributed by atoms with Crippen molar-refractivity contribution in [2.24, 2.45) is 0 Å². The minimum atomic E-state index is -3.68. The van der Waals surface area contributed by atoms with Crippen LogP contribution < -0.4 is 16.0 Å². The van der Waals surface area contributed by atoms with Gasteiger partial charge in [0.05, 0.1) is 11.4 Å². The number of nitrogens with two attached hydrogens (primary N) is 1. The van der Waals surface area contributed by atoms with E-state index in [4.69, 9.17) is 5.73 Å². The van der Waals surface area contributed by atoms with Crippen LogP contribution in [-0.2, 0) is 14.8 Å². The number of anilines is 3. The van der Waals surface area contributed by atoms with E-state index in [1.165, 1.54) is 9.87 Å². The number of carbonyl (C=O) groups is 1. The van der Waals surface area contributed by atoms with Gasteiger partial charge in [-0.15, -0.1) is 24.8 Å². The van der Waals surface area contributed by atoms with Gasteiger partial charge >= 0.3 is 0 Å². The van der Waals surface area contributed by atoms with Gasteiger partial charge in [-0.1, -0.05) is 24.3 Å². The highest BCUT2D eigenvalue weighted by Gasteiger charge is 2.29. The molecule has 0 bridgehead atoms. The maximum absolute atomic E-state index is 12.6. The molecule has 1 amide bonds. The monoisotopic (exact) mass is 460 g/mol. The fourth-order valence-corrected chi connectivity index (χ4v) is 4.41. The van der Waals surface area contributed by atoms with Gasteiger partial charge in [-0.05, 0) is 36.8 Å². The zero-order valence-electron chi connectivity index (χ0n) is 16.1. The number of nitrogens with zero attached hydrogens (tertiary/aromatic N) is 2. The number of hydrogen-bond acceptors (Lipinski definition) is 5. The Bertz CT molecular complexity index is 933. The summed E-state index contributed by atoms with van der Waals surface area (Å²) in [6.45, 7) is 3.93. The van der Waals surface area contributed by atoms with Crippen molar-refractivity contribution in [3.05, 3.63) is 54.1 Å². The molecule has 10 heteroatoms. The highest BCUT2D eigenvalue weighted by atomic mass is 35.5. The third-order valence-corrected chi connectivity index (χ3v) is 6.33. The lowest BCUT2D eigenvalue weighted by Gasteiger charge is -2.35. The molecule has 0 aromatic heterocycles. The van der Waals surface area contributed by atoms with Crippen LogP contribution in [0.25, 0.3) is 0 Å². The number of aryl methyl sites for hydroxylation is 1. The fraction of sp³-hybridized carbons (Fsp3) is 0.316. The first-order valence-electron chi connectivity index (χ1n) is 8.79. The molecular formula is C19H26Cl2N4O3S. The van der Waals surface area contributed by atoms with Crippen LogP contribution in [0.4, 0.5) is 17.1 Å². The van der Waals surface area contributed by atoms with E-state index in [0.29, 0.717) is 37.6 Å². The van der Waals surface area contributed by atoms with Gasteiger partial charge in [0.25, 0.3) is 0 Å². The number of rotatable bonds is 5. The van der Waals surface area contributed by atoms with E-state index in [9.17, 15) is 13.2 Å². The van der Waals surface area contributed by atoms with Gasteiger partial charge < -0.3 is 16.0 Å². The summed E-state index contributed by atoms with van der Waals surface area (Å²) in [6.07, 6.45) is 0. The van der Waals surface area contributed by atoms with E-state index in [0.717, 1.165) is 5.69 Å². The van der Waals surface area contributed by atoms with Crippen LogP contribution >= 0.6 is 24.8 Å². The van der Waals surface area contributed by atoms with Gasteiger partial charge in [0.2, 0.25) is 15.9 Å². The number of sulfonamides is 1. The van der Waals surface area contributed by atoms with E-state index >= 15 is 0 Å². The van der Waals surface area contributed by atoms with Gasteiger partial charge in [0, 0.05) is 31.9 Å². The number of nitrogen functional groups attached to an aromatic ring is 1. The van der Waals surface area contributed by atoms with Crippen molar-refractivity contribution in [3.63, 3.8) is 0 Å². The van der Waals surface area contributed by atoms with Crippen LogP contribution in [0.15, 0.2) is 48.5 Å². The van der Waals surface area contributed by atoms with E-state index in [1.807, 2.05) is 25.1 Å². The number of hydrogen-bond donors (Lipinski definition) is 2. The molecule has 29 heavy (non-hydrogen) atoms. The molecule has 3 rings (SSSR count). The van der Waals surface area contributed by atoms with Crippen LogP contribution in [0.2, 0.25) is 0 Å². The van der Waals surface area contributed by atoms with Gasteiger partial charge in [0.1, 0.15) is 5.75 Å². The summed E-state index contributed by atoms with van der Waals surface area (Å²) < 4.78 is 26.5. The lowest BCUT2D eigenvalue weighted by molar-refractivity contribution is -0.113. The summed E-state index contributed by atoms with van der Waals surface area (Å²) in [7, 11) is -3.68. The summed E-state index contributed by atoms with van der Waals surface area (Å²) in [5, 5.41) is 2.57. The van der Waals surface area contributed by atoms with Crippen molar-refractivity contribution >= 4 is 57.8 Å². The van der Waals surface area contributed by atoms with E-state index in [2.05, 4.69) is 16.3 Å². The van der Waals surface area contributed by atoms with Crippen LogP contribution in [0.5, 0.6) is 0 Å². The number of halogens is 2. The maximum atomic E-state index is 12.6. The van der Waals surface area contributed by atoms with Gasteiger partial charge in [-0.25, -0.2) is 8.42 Å². The molecule has 1 saturated heterocycles. The smallest absolute Gasteiger partial charge is 0.241 e. The lowest BCUT2D eigenvalue weighted by Crippen LogP contribution is -2.50. The average molecular weight is 461 g/mol. The van der Waals surface area contributed by atoms with Gasteiger partial charge in [-0.2, -0.15) is 4.31 Å². The Morgan fingerprint density at radius 1 is 1.03 bits per heavy atom. The Morgan fingerprint density at radius 2 is 1.69 bits per heavy atom. The SMILES string of the molecule is Cc1cccc(N2CCN(S(=O)(=O)CC(=O)Nc3ccccc3N)CC2)c1.Cl.Cl.